The Morgan fingerprint density at radius 1 is 1.03 bits per heavy atom. The van der Waals surface area contributed by atoms with Gasteiger partial charge in [-0.15, -0.1) is 0 Å². The Kier molecular flexibility index (Phi) is 6.37. The molecule has 2 amide bonds. The molecule has 0 spiro atoms. The number of ether oxygens (including phenoxy) is 1. The summed E-state index contributed by atoms with van der Waals surface area (Å²) in [6.07, 6.45) is 15.7. The van der Waals surface area contributed by atoms with E-state index >= 15 is 0 Å². The van der Waals surface area contributed by atoms with E-state index < -0.39 is 0 Å². The molecule has 0 unspecified atom stereocenters. The van der Waals surface area contributed by atoms with Crippen LogP contribution in [0.3, 0.4) is 0 Å². The highest BCUT2D eigenvalue weighted by molar-refractivity contribution is 5.72. The summed E-state index contributed by atoms with van der Waals surface area (Å²) in [5.74, 6) is 1.44. The lowest BCUT2D eigenvalue weighted by Crippen LogP contribution is -2.51. The van der Waals surface area contributed by atoms with Crippen molar-refractivity contribution in [1.29, 1.82) is 0 Å². The van der Waals surface area contributed by atoms with E-state index in [4.69, 9.17) is 10.5 Å². The number of urea groups is 1. The largest absolute Gasteiger partial charge is 0.493 e. The number of carbonyl (C=O) groups is 1. The number of aromatic nitrogens is 2. The van der Waals surface area contributed by atoms with Crippen molar-refractivity contribution in [2.24, 2.45) is 11.7 Å². The number of nitrogens with zero attached hydrogens (tertiary/aromatic N) is 3. The van der Waals surface area contributed by atoms with Crippen molar-refractivity contribution >= 4 is 6.03 Å². The minimum Gasteiger partial charge on any atom is -0.493 e. The Labute approximate surface area is 173 Å². The summed E-state index contributed by atoms with van der Waals surface area (Å²) in [6.45, 7) is 0.733. The van der Waals surface area contributed by atoms with Crippen LogP contribution in [-0.2, 0) is 0 Å². The molecule has 0 aliphatic heterocycles. The summed E-state index contributed by atoms with van der Waals surface area (Å²) in [7, 11) is 0. The molecule has 156 valence electrons. The number of hydrogen-bond acceptors (Lipinski definition) is 3. The summed E-state index contributed by atoms with van der Waals surface area (Å²) >= 11 is 0. The second kappa shape index (κ2) is 9.33. The van der Waals surface area contributed by atoms with Crippen LogP contribution in [-0.4, -0.2) is 39.2 Å². The highest BCUT2D eigenvalue weighted by Gasteiger charge is 2.33. The molecule has 1 aromatic carbocycles. The summed E-state index contributed by atoms with van der Waals surface area (Å²) in [4.78, 5) is 18.2. The van der Waals surface area contributed by atoms with Gasteiger partial charge in [-0.25, -0.2) is 9.78 Å². The van der Waals surface area contributed by atoms with Gasteiger partial charge in [0.2, 0.25) is 0 Å². The fourth-order valence-electron chi connectivity index (χ4n) is 4.95. The van der Waals surface area contributed by atoms with Crippen molar-refractivity contribution in [2.75, 3.05) is 6.61 Å². The normalized spacial score (nSPS) is 22.9. The van der Waals surface area contributed by atoms with Gasteiger partial charge in [0.25, 0.3) is 0 Å². The maximum Gasteiger partial charge on any atom is 0.315 e. The Hall–Kier alpha value is -2.50. The molecule has 0 bridgehead atoms. The first-order chi connectivity index (χ1) is 14.2. The Morgan fingerprint density at radius 3 is 2.34 bits per heavy atom. The molecule has 2 aliphatic rings. The highest BCUT2D eigenvalue weighted by Crippen LogP contribution is 2.32. The van der Waals surface area contributed by atoms with Gasteiger partial charge in [-0.2, -0.15) is 0 Å². The molecule has 29 heavy (non-hydrogen) atoms. The third-order valence-electron chi connectivity index (χ3n) is 6.56. The number of hydrogen-bond donors (Lipinski definition) is 1. The van der Waals surface area contributed by atoms with Crippen LogP contribution in [0.25, 0.3) is 5.69 Å². The van der Waals surface area contributed by atoms with Gasteiger partial charge in [0, 0.05) is 30.2 Å². The van der Waals surface area contributed by atoms with Crippen molar-refractivity contribution < 1.29 is 9.53 Å². The Balaban J connectivity index is 1.25. The maximum atomic E-state index is 12.1. The lowest BCUT2D eigenvalue weighted by molar-refractivity contribution is 0.0913. The van der Waals surface area contributed by atoms with Gasteiger partial charge in [-0.05, 0) is 68.7 Å². The van der Waals surface area contributed by atoms with Crippen LogP contribution in [0.1, 0.15) is 57.8 Å². The number of amides is 2. The van der Waals surface area contributed by atoms with E-state index in [9.17, 15) is 4.79 Å². The summed E-state index contributed by atoms with van der Waals surface area (Å²) < 4.78 is 8.02. The third-order valence-corrected chi connectivity index (χ3v) is 6.56. The molecule has 0 radical (unpaired) electrons. The molecule has 2 aliphatic carbocycles. The monoisotopic (exact) mass is 396 g/mol. The van der Waals surface area contributed by atoms with E-state index in [2.05, 4.69) is 4.98 Å². The van der Waals surface area contributed by atoms with Crippen molar-refractivity contribution in [3.8, 4) is 11.4 Å². The minimum absolute atomic E-state index is 0.227. The zero-order chi connectivity index (χ0) is 20.1. The first kappa shape index (κ1) is 19.8. The van der Waals surface area contributed by atoms with Crippen molar-refractivity contribution in [3.05, 3.63) is 43.0 Å². The SMILES string of the molecule is NC(=O)N(C1CCCCC1)C1CCC(COc2ccc(-n3ccnc3)cc2)CC1. The van der Waals surface area contributed by atoms with Crippen LogP contribution in [0.4, 0.5) is 4.79 Å². The quantitative estimate of drug-likeness (QED) is 0.780. The third kappa shape index (κ3) is 4.92. The number of nitrogens with two attached hydrogens (primary N) is 1. The molecule has 2 N–H and O–H groups in total. The van der Waals surface area contributed by atoms with Gasteiger partial charge < -0.3 is 19.9 Å². The summed E-state index contributed by atoms with van der Waals surface area (Å²) in [5.41, 5.74) is 6.85. The number of imidazole rings is 1. The molecule has 6 nitrogen and oxygen atoms in total. The predicted molar refractivity (Wildman–Crippen MR) is 113 cm³/mol. The number of rotatable bonds is 6. The lowest BCUT2D eigenvalue weighted by atomic mass is 9.84. The molecule has 4 rings (SSSR count). The first-order valence-electron chi connectivity index (χ1n) is 11.0. The highest BCUT2D eigenvalue weighted by atomic mass is 16.5. The van der Waals surface area contributed by atoms with E-state index in [0.717, 1.165) is 56.6 Å². The van der Waals surface area contributed by atoms with E-state index in [-0.39, 0.29) is 6.03 Å². The summed E-state index contributed by atoms with van der Waals surface area (Å²) in [5, 5.41) is 0. The molecule has 2 fully saturated rings. The molecular formula is C23H32N4O2. The van der Waals surface area contributed by atoms with Crippen LogP contribution in [0, 0.1) is 5.92 Å². The average molecular weight is 397 g/mol. The van der Waals surface area contributed by atoms with Gasteiger partial charge >= 0.3 is 6.03 Å². The van der Waals surface area contributed by atoms with E-state index in [1.54, 1.807) is 12.5 Å². The molecule has 0 saturated heterocycles. The fourth-order valence-corrected chi connectivity index (χ4v) is 4.95. The van der Waals surface area contributed by atoms with Crippen LogP contribution >= 0.6 is 0 Å². The minimum atomic E-state index is -0.227. The summed E-state index contributed by atoms with van der Waals surface area (Å²) in [6, 6.07) is 8.55. The molecule has 6 heteroatoms. The first-order valence-corrected chi connectivity index (χ1v) is 11.0. The second-order valence-corrected chi connectivity index (χ2v) is 8.49. The molecular weight excluding hydrogens is 364 g/mol. The van der Waals surface area contributed by atoms with E-state index in [1.165, 1.54) is 19.3 Å². The van der Waals surface area contributed by atoms with Crippen LogP contribution in [0.5, 0.6) is 5.75 Å². The number of primary amides is 1. The fraction of sp³-hybridized carbons (Fsp3) is 0.565. The maximum absolute atomic E-state index is 12.1. The van der Waals surface area contributed by atoms with Crippen molar-refractivity contribution in [1.82, 2.24) is 14.5 Å². The standard InChI is InChI=1S/C23H32N4O2/c24-23(28)27(20-4-2-1-3-5-20)21-8-6-18(7-9-21)16-29-22-12-10-19(11-13-22)26-15-14-25-17-26/h10-15,17-18,20-21H,1-9,16H2,(H2,24,28). The average Bonchev–Trinajstić information content (AvgIpc) is 3.29. The van der Waals surface area contributed by atoms with E-state index in [1.807, 2.05) is 39.9 Å². The topological polar surface area (TPSA) is 73.4 Å². The van der Waals surface area contributed by atoms with Gasteiger partial charge in [-0.1, -0.05) is 19.3 Å². The van der Waals surface area contributed by atoms with Gasteiger partial charge in [0.15, 0.2) is 0 Å². The zero-order valence-electron chi connectivity index (χ0n) is 17.1. The van der Waals surface area contributed by atoms with Crippen LogP contribution < -0.4 is 10.5 Å². The molecule has 1 aromatic heterocycles. The molecule has 1 heterocycles. The van der Waals surface area contributed by atoms with Gasteiger partial charge in [0.05, 0.1) is 12.9 Å². The molecule has 2 saturated carbocycles. The predicted octanol–water partition coefficient (Wildman–Crippen LogP) is 4.52. The van der Waals surface area contributed by atoms with Crippen molar-refractivity contribution in [3.63, 3.8) is 0 Å². The van der Waals surface area contributed by atoms with Gasteiger partial charge in [0.1, 0.15) is 5.75 Å². The van der Waals surface area contributed by atoms with Crippen LogP contribution in [0.2, 0.25) is 0 Å². The number of benzene rings is 1. The van der Waals surface area contributed by atoms with E-state index in [0.29, 0.717) is 18.0 Å². The number of carbonyl (C=O) groups excluding carboxylic acids is 1. The Morgan fingerprint density at radius 2 is 1.72 bits per heavy atom. The smallest absolute Gasteiger partial charge is 0.315 e. The lowest BCUT2D eigenvalue weighted by Gasteiger charge is -2.42. The van der Waals surface area contributed by atoms with Crippen molar-refractivity contribution in [2.45, 2.75) is 69.9 Å². The Bertz CT molecular complexity index is 761. The molecule has 2 aromatic rings. The van der Waals surface area contributed by atoms with Crippen LogP contribution in [0.15, 0.2) is 43.0 Å². The second-order valence-electron chi connectivity index (χ2n) is 8.49. The van der Waals surface area contributed by atoms with Gasteiger partial charge in [-0.3, -0.25) is 0 Å². The molecule has 0 atom stereocenters. The zero-order valence-corrected chi connectivity index (χ0v) is 17.1.